The van der Waals surface area contributed by atoms with E-state index in [2.05, 4.69) is 25.4 Å². The number of benzene rings is 1. The first-order chi connectivity index (χ1) is 14.5. The van der Waals surface area contributed by atoms with Gasteiger partial charge in [-0.2, -0.15) is 10.2 Å². The van der Waals surface area contributed by atoms with Crippen LogP contribution in [0.5, 0.6) is 0 Å². The van der Waals surface area contributed by atoms with E-state index in [1.54, 1.807) is 30.1 Å². The molecule has 0 fully saturated rings. The summed E-state index contributed by atoms with van der Waals surface area (Å²) >= 11 is 0. The quantitative estimate of drug-likeness (QED) is 0.446. The molecule has 5 aromatic rings. The molecule has 0 spiro atoms. The van der Waals surface area contributed by atoms with Crippen LogP contribution >= 0.6 is 0 Å². The van der Waals surface area contributed by atoms with Gasteiger partial charge in [0.25, 0.3) is 18.2 Å². The van der Waals surface area contributed by atoms with Gasteiger partial charge in [0.15, 0.2) is 5.65 Å². The Bertz CT molecular complexity index is 1350. The third-order valence-electron chi connectivity index (χ3n) is 4.69. The molecule has 10 heteroatoms. The molecule has 0 saturated heterocycles. The number of hydrogen-bond donors (Lipinski definition) is 0. The van der Waals surface area contributed by atoms with Crippen LogP contribution in [0.25, 0.3) is 39.8 Å². The van der Waals surface area contributed by atoms with Crippen molar-refractivity contribution in [3.8, 4) is 34.2 Å². The Hall–Kier alpha value is -3.95. The van der Waals surface area contributed by atoms with Crippen molar-refractivity contribution >= 4 is 5.65 Å². The summed E-state index contributed by atoms with van der Waals surface area (Å²) < 4.78 is 36.0. The molecule has 8 nitrogen and oxygen atoms in total. The maximum absolute atomic E-state index is 13.7. The van der Waals surface area contributed by atoms with Gasteiger partial charge in [-0.25, -0.2) is 18.3 Å². The lowest BCUT2D eigenvalue weighted by molar-refractivity contribution is 0.143. The number of alkyl halides is 2. The lowest BCUT2D eigenvalue weighted by Gasteiger charge is -2.08. The van der Waals surface area contributed by atoms with E-state index in [1.165, 1.54) is 12.3 Å². The van der Waals surface area contributed by atoms with E-state index in [0.717, 1.165) is 10.2 Å². The van der Waals surface area contributed by atoms with Crippen LogP contribution in [-0.4, -0.2) is 34.6 Å². The van der Waals surface area contributed by atoms with Crippen LogP contribution in [0.1, 0.15) is 17.8 Å². The normalized spacial score (nSPS) is 11.6. The largest absolute Gasteiger partial charge is 0.416 e. The minimum atomic E-state index is -2.73. The van der Waals surface area contributed by atoms with E-state index in [-0.39, 0.29) is 23.1 Å². The number of nitrogens with zero attached hydrogens (tertiary/aromatic N) is 7. The van der Waals surface area contributed by atoms with Crippen molar-refractivity contribution in [1.82, 2.24) is 34.6 Å². The molecule has 4 heterocycles. The molecule has 1 aromatic carbocycles. The van der Waals surface area contributed by atoms with E-state index in [4.69, 9.17) is 4.42 Å². The Labute approximate surface area is 168 Å². The topological polar surface area (TPSA) is 86.9 Å². The Morgan fingerprint density at radius 1 is 1.03 bits per heavy atom. The zero-order valence-electron chi connectivity index (χ0n) is 16.0. The number of aromatic nitrogens is 7. The fraction of sp³-hybridized carbons (Fsp3) is 0.150. The number of rotatable bonds is 4. The molecule has 0 saturated carbocycles. The number of fused-ring (bicyclic) bond motifs is 1. The van der Waals surface area contributed by atoms with E-state index in [0.29, 0.717) is 22.4 Å². The van der Waals surface area contributed by atoms with Crippen LogP contribution in [0.15, 0.2) is 53.2 Å². The second-order valence-corrected chi connectivity index (χ2v) is 6.74. The SMILES string of the molecule is Cc1nn(C)cc1-c1nnc(-c2cnn3c(C(F)F)cc(-c4ccccc4)nc23)o1. The van der Waals surface area contributed by atoms with Gasteiger partial charge < -0.3 is 4.42 Å². The van der Waals surface area contributed by atoms with Crippen molar-refractivity contribution in [3.63, 3.8) is 0 Å². The molecule has 0 aliphatic rings. The standard InChI is InChI=1S/C20H15F2N7O/c1-11-14(10-28(2)27-11)20-26-25-19(30-20)13-9-23-29-16(17(21)22)8-15(24-18(13)29)12-6-4-3-5-7-12/h3-10,17H,1-2H3. The average molecular weight is 407 g/mol. The molecule has 0 aliphatic heterocycles. The van der Waals surface area contributed by atoms with E-state index in [9.17, 15) is 8.78 Å². The van der Waals surface area contributed by atoms with E-state index < -0.39 is 6.43 Å². The first kappa shape index (κ1) is 18.1. The summed E-state index contributed by atoms with van der Waals surface area (Å²) in [5.74, 6) is 0.421. The highest BCUT2D eigenvalue weighted by Crippen LogP contribution is 2.31. The summed E-state index contributed by atoms with van der Waals surface area (Å²) in [5, 5.41) is 16.5. The maximum Gasteiger partial charge on any atom is 0.280 e. The number of aryl methyl sites for hydroxylation is 2. The minimum absolute atomic E-state index is 0.140. The Morgan fingerprint density at radius 2 is 1.77 bits per heavy atom. The van der Waals surface area contributed by atoms with Gasteiger partial charge in [0.2, 0.25) is 0 Å². The average Bonchev–Trinajstić information content (AvgIpc) is 3.45. The van der Waals surface area contributed by atoms with Gasteiger partial charge >= 0.3 is 0 Å². The van der Waals surface area contributed by atoms with Gasteiger partial charge in [-0.3, -0.25) is 4.68 Å². The summed E-state index contributed by atoms with van der Waals surface area (Å²) in [7, 11) is 1.79. The Kier molecular flexibility index (Phi) is 4.12. The molecule has 0 aliphatic carbocycles. The highest BCUT2D eigenvalue weighted by molar-refractivity contribution is 5.75. The molecule has 0 amide bonds. The fourth-order valence-corrected chi connectivity index (χ4v) is 3.30. The first-order valence-electron chi connectivity index (χ1n) is 9.08. The molecule has 0 N–H and O–H groups in total. The van der Waals surface area contributed by atoms with Crippen LogP contribution in [-0.2, 0) is 7.05 Å². The van der Waals surface area contributed by atoms with Gasteiger partial charge in [-0.05, 0) is 13.0 Å². The third kappa shape index (κ3) is 2.93. The lowest BCUT2D eigenvalue weighted by atomic mass is 10.1. The molecule has 0 atom stereocenters. The minimum Gasteiger partial charge on any atom is -0.416 e. The summed E-state index contributed by atoms with van der Waals surface area (Å²) in [5.41, 5.74) is 2.86. The number of hydrogen-bond acceptors (Lipinski definition) is 6. The summed E-state index contributed by atoms with van der Waals surface area (Å²) in [6, 6.07) is 10.4. The van der Waals surface area contributed by atoms with Crippen LogP contribution in [0.4, 0.5) is 8.78 Å². The maximum atomic E-state index is 13.7. The predicted molar refractivity (Wildman–Crippen MR) is 104 cm³/mol. The van der Waals surface area contributed by atoms with Crippen LogP contribution in [0.3, 0.4) is 0 Å². The van der Waals surface area contributed by atoms with Crippen molar-refractivity contribution in [2.45, 2.75) is 13.3 Å². The molecule has 0 radical (unpaired) electrons. The van der Waals surface area contributed by atoms with E-state index in [1.807, 2.05) is 25.1 Å². The van der Waals surface area contributed by atoms with Gasteiger partial charge in [0.05, 0.1) is 23.1 Å². The van der Waals surface area contributed by atoms with E-state index >= 15 is 0 Å². The molecule has 150 valence electrons. The molecule has 30 heavy (non-hydrogen) atoms. The molecular formula is C20H15F2N7O. The van der Waals surface area contributed by atoms with Crippen LogP contribution < -0.4 is 0 Å². The van der Waals surface area contributed by atoms with Crippen molar-refractivity contribution in [2.24, 2.45) is 7.05 Å². The zero-order chi connectivity index (χ0) is 20.8. The van der Waals surface area contributed by atoms with Crippen molar-refractivity contribution in [3.05, 3.63) is 60.2 Å². The second-order valence-electron chi connectivity index (χ2n) is 6.74. The smallest absolute Gasteiger partial charge is 0.280 e. The van der Waals surface area contributed by atoms with Gasteiger partial charge in [0.1, 0.15) is 11.3 Å². The van der Waals surface area contributed by atoms with Gasteiger partial charge in [-0.15, -0.1) is 10.2 Å². The molecule has 0 bridgehead atoms. The molecule has 4 aromatic heterocycles. The highest BCUT2D eigenvalue weighted by atomic mass is 19.3. The first-order valence-corrected chi connectivity index (χ1v) is 9.08. The number of halogens is 2. The highest BCUT2D eigenvalue weighted by Gasteiger charge is 2.22. The van der Waals surface area contributed by atoms with Crippen LogP contribution in [0.2, 0.25) is 0 Å². The molecular weight excluding hydrogens is 392 g/mol. The monoisotopic (exact) mass is 407 g/mol. The third-order valence-corrected chi connectivity index (χ3v) is 4.69. The predicted octanol–water partition coefficient (Wildman–Crippen LogP) is 4.09. The fourth-order valence-electron chi connectivity index (χ4n) is 3.30. The Balaban J connectivity index is 1.67. The van der Waals surface area contributed by atoms with Crippen molar-refractivity contribution in [2.75, 3.05) is 0 Å². The lowest BCUT2D eigenvalue weighted by Crippen LogP contribution is -2.02. The zero-order valence-corrected chi connectivity index (χ0v) is 16.0. The summed E-state index contributed by atoms with van der Waals surface area (Å²) in [4.78, 5) is 4.55. The molecule has 5 rings (SSSR count). The van der Waals surface area contributed by atoms with Crippen molar-refractivity contribution < 1.29 is 13.2 Å². The second kappa shape index (κ2) is 6.83. The summed E-state index contributed by atoms with van der Waals surface area (Å²) in [6.45, 7) is 1.83. The van der Waals surface area contributed by atoms with Gasteiger partial charge in [0, 0.05) is 18.8 Å². The Morgan fingerprint density at radius 3 is 2.43 bits per heavy atom. The van der Waals surface area contributed by atoms with Crippen molar-refractivity contribution in [1.29, 1.82) is 0 Å². The molecule has 0 unspecified atom stereocenters. The summed E-state index contributed by atoms with van der Waals surface area (Å²) in [6.07, 6.45) is 0.432. The van der Waals surface area contributed by atoms with Crippen LogP contribution in [0, 0.1) is 6.92 Å². The van der Waals surface area contributed by atoms with Gasteiger partial charge in [-0.1, -0.05) is 30.3 Å².